The molecule has 1 amide bonds. The quantitative estimate of drug-likeness (QED) is 0.176. The molecular formula is C29H21N5O3. The van der Waals surface area contributed by atoms with Gasteiger partial charge < -0.3 is 0 Å². The Labute approximate surface area is 212 Å². The van der Waals surface area contributed by atoms with Crippen molar-refractivity contribution in [2.75, 3.05) is 0 Å². The Hall–Kier alpha value is -5.37. The number of rotatable bonds is 7. The van der Waals surface area contributed by atoms with Crippen molar-refractivity contribution < 1.29 is 9.72 Å². The number of aromatic nitrogens is 2. The monoisotopic (exact) mass is 487 g/mol. The van der Waals surface area contributed by atoms with Crippen LogP contribution in [0.3, 0.4) is 0 Å². The molecule has 1 N–H and O–H groups in total. The molecule has 0 aliphatic heterocycles. The zero-order valence-corrected chi connectivity index (χ0v) is 19.6. The molecule has 1 aromatic heterocycles. The number of hydrazone groups is 1. The third-order valence-corrected chi connectivity index (χ3v) is 5.69. The molecule has 0 atom stereocenters. The van der Waals surface area contributed by atoms with E-state index in [2.05, 4.69) is 27.8 Å². The lowest BCUT2D eigenvalue weighted by Crippen LogP contribution is -2.18. The SMILES string of the molecule is O=C(N/N=C\c1cccc([N+](=O)[O-])c1)c1cc(-c2ccc(-c3ccccc3)cc2)n(-c2ccccc2)n1. The average molecular weight is 488 g/mol. The van der Waals surface area contributed by atoms with Gasteiger partial charge in [-0.25, -0.2) is 10.1 Å². The molecule has 180 valence electrons. The Balaban J connectivity index is 1.42. The van der Waals surface area contributed by atoms with Crippen molar-refractivity contribution in [1.29, 1.82) is 0 Å². The summed E-state index contributed by atoms with van der Waals surface area (Å²) < 4.78 is 1.72. The number of nitrogens with one attached hydrogen (secondary N) is 1. The van der Waals surface area contributed by atoms with Gasteiger partial charge in [-0.15, -0.1) is 0 Å². The fraction of sp³-hybridized carbons (Fsp3) is 0. The maximum absolute atomic E-state index is 12.9. The number of non-ortho nitro benzene ring substituents is 1. The summed E-state index contributed by atoms with van der Waals surface area (Å²) in [7, 11) is 0. The van der Waals surface area contributed by atoms with Gasteiger partial charge >= 0.3 is 0 Å². The highest BCUT2D eigenvalue weighted by atomic mass is 16.6. The smallest absolute Gasteiger partial charge is 0.265 e. The molecule has 8 heteroatoms. The Morgan fingerprint density at radius 2 is 1.46 bits per heavy atom. The molecule has 1 heterocycles. The van der Waals surface area contributed by atoms with Crippen LogP contribution in [0.4, 0.5) is 5.69 Å². The summed E-state index contributed by atoms with van der Waals surface area (Å²) in [6.07, 6.45) is 1.35. The average Bonchev–Trinajstić information content (AvgIpc) is 3.40. The molecule has 0 unspecified atom stereocenters. The molecule has 0 bridgehead atoms. The molecule has 0 fully saturated rings. The number of amides is 1. The van der Waals surface area contributed by atoms with Crippen LogP contribution in [0.2, 0.25) is 0 Å². The molecule has 0 saturated heterocycles. The first kappa shape index (κ1) is 23.4. The van der Waals surface area contributed by atoms with Gasteiger partial charge in [0.2, 0.25) is 0 Å². The van der Waals surface area contributed by atoms with E-state index < -0.39 is 10.8 Å². The molecule has 0 saturated carbocycles. The maximum atomic E-state index is 12.9. The van der Waals surface area contributed by atoms with Crippen LogP contribution < -0.4 is 5.43 Å². The van der Waals surface area contributed by atoms with Crippen molar-refractivity contribution in [1.82, 2.24) is 15.2 Å². The Bertz CT molecular complexity index is 1580. The minimum atomic E-state index is -0.501. The summed E-state index contributed by atoms with van der Waals surface area (Å²) in [5, 5.41) is 19.5. The lowest BCUT2D eigenvalue weighted by Gasteiger charge is -2.08. The van der Waals surface area contributed by atoms with E-state index in [1.807, 2.05) is 72.8 Å². The van der Waals surface area contributed by atoms with E-state index >= 15 is 0 Å². The lowest BCUT2D eigenvalue weighted by atomic mass is 10.0. The molecule has 5 rings (SSSR count). The first-order chi connectivity index (χ1) is 18.1. The second kappa shape index (κ2) is 10.5. The van der Waals surface area contributed by atoms with Crippen LogP contribution in [-0.4, -0.2) is 26.8 Å². The third-order valence-electron chi connectivity index (χ3n) is 5.69. The van der Waals surface area contributed by atoms with Gasteiger partial charge in [-0.05, 0) is 29.3 Å². The highest BCUT2D eigenvalue weighted by molar-refractivity contribution is 5.94. The van der Waals surface area contributed by atoms with Crippen LogP contribution in [0.5, 0.6) is 0 Å². The molecule has 0 spiro atoms. The summed E-state index contributed by atoms with van der Waals surface area (Å²) in [5.74, 6) is -0.501. The number of para-hydroxylation sites is 1. The second-order valence-corrected chi connectivity index (χ2v) is 8.16. The zero-order valence-electron chi connectivity index (χ0n) is 19.6. The summed E-state index contributed by atoms with van der Waals surface area (Å²) in [5.41, 5.74) is 7.73. The predicted octanol–water partition coefficient (Wildman–Crippen LogP) is 5.88. The first-order valence-corrected chi connectivity index (χ1v) is 11.5. The van der Waals surface area contributed by atoms with Gasteiger partial charge in [0.25, 0.3) is 11.6 Å². The third kappa shape index (κ3) is 5.33. The number of nitro benzene ring substituents is 1. The second-order valence-electron chi connectivity index (χ2n) is 8.16. The van der Waals surface area contributed by atoms with Crippen LogP contribution in [0, 0.1) is 10.1 Å². The predicted molar refractivity (Wildman–Crippen MR) is 143 cm³/mol. The fourth-order valence-corrected chi connectivity index (χ4v) is 3.87. The van der Waals surface area contributed by atoms with E-state index in [4.69, 9.17) is 0 Å². The Morgan fingerprint density at radius 3 is 2.16 bits per heavy atom. The number of hydrogen-bond donors (Lipinski definition) is 1. The molecule has 37 heavy (non-hydrogen) atoms. The van der Waals surface area contributed by atoms with Crippen molar-refractivity contribution in [3.8, 4) is 28.1 Å². The number of nitro groups is 1. The largest absolute Gasteiger partial charge is 0.291 e. The molecular weight excluding hydrogens is 466 g/mol. The van der Waals surface area contributed by atoms with E-state index in [0.29, 0.717) is 5.56 Å². The van der Waals surface area contributed by atoms with Crippen LogP contribution in [-0.2, 0) is 0 Å². The summed E-state index contributed by atoms with van der Waals surface area (Å²) in [6, 6.07) is 35.4. The van der Waals surface area contributed by atoms with Gasteiger partial charge in [0.05, 0.1) is 22.5 Å². The van der Waals surface area contributed by atoms with Crippen LogP contribution in [0.15, 0.2) is 120 Å². The molecule has 8 nitrogen and oxygen atoms in total. The van der Waals surface area contributed by atoms with Crippen molar-refractivity contribution >= 4 is 17.8 Å². The fourth-order valence-electron chi connectivity index (χ4n) is 3.87. The maximum Gasteiger partial charge on any atom is 0.291 e. The van der Waals surface area contributed by atoms with Crippen LogP contribution in [0.25, 0.3) is 28.1 Å². The molecule has 5 aromatic rings. The van der Waals surface area contributed by atoms with Crippen molar-refractivity contribution in [3.05, 3.63) is 137 Å². The van der Waals surface area contributed by atoms with Gasteiger partial charge in [0.1, 0.15) is 0 Å². The van der Waals surface area contributed by atoms with Crippen molar-refractivity contribution in [2.45, 2.75) is 0 Å². The van der Waals surface area contributed by atoms with Gasteiger partial charge in [-0.1, -0.05) is 84.9 Å². The number of nitrogens with zero attached hydrogens (tertiary/aromatic N) is 4. The Kier molecular flexibility index (Phi) is 6.63. The molecule has 0 aliphatic carbocycles. The number of carbonyl (C=O) groups excluding carboxylic acids is 1. The van der Waals surface area contributed by atoms with Crippen molar-refractivity contribution in [2.24, 2.45) is 5.10 Å². The topological polar surface area (TPSA) is 102 Å². The van der Waals surface area contributed by atoms with E-state index in [-0.39, 0.29) is 11.4 Å². The molecule has 4 aromatic carbocycles. The number of carbonyl (C=O) groups is 1. The summed E-state index contributed by atoms with van der Waals surface area (Å²) >= 11 is 0. The standard InChI is InChI=1S/C29H21N5O3/c35-29(31-30-20-21-8-7-13-26(18-21)34(36)37)27-19-28(33(32-27)25-11-5-2-6-12-25)24-16-14-23(15-17-24)22-9-3-1-4-10-22/h1-20H,(H,31,35)/b30-20-. The number of benzene rings is 4. The van der Waals surface area contributed by atoms with E-state index in [1.54, 1.807) is 22.9 Å². The van der Waals surface area contributed by atoms with Crippen LogP contribution in [0.1, 0.15) is 16.1 Å². The van der Waals surface area contributed by atoms with E-state index in [0.717, 1.165) is 28.1 Å². The molecule has 0 aliphatic rings. The van der Waals surface area contributed by atoms with Gasteiger partial charge in [-0.3, -0.25) is 14.9 Å². The van der Waals surface area contributed by atoms with Gasteiger partial charge in [-0.2, -0.15) is 10.2 Å². The van der Waals surface area contributed by atoms with Crippen molar-refractivity contribution in [3.63, 3.8) is 0 Å². The minimum absolute atomic E-state index is 0.0557. The van der Waals surface area contributed by atoms with Gasteiger partial charge in [0.15, 0.2) is 5.69 Å². The highest BCUT2D eigenvalue weighted by Gasteiger charge is 2.17. The van der Waals surface area contributed by atoms with Gasteiger partial charge in [0, 0.05) is 23.3 Å². The van der Waals surface area contributed by atoms with Crippen LogP contribution >= 0.6 is 0 Å². The van der Waals surface area contributed by atoms with E-state index in [1.165, 1.54) is 18.3 Å². The minimum Gasteiger partial charge on any atom is -0.265 e. The summed E-state index contributed by atoms with van der Waals surface area (Å²) in [6.45, 7) is 0. The normalized spacial score (nSPS) is 10.9. The highest BCUT2D eigenvalue weighted by Crippen LogP contribution is 2.27. The first-order valence-electron chi connectivity index (χ1n) is 11.5. The Morgan fingerprint density at radius 1 is 0.811 bits per heavy atom. The zero-order chi connectivity index (χ0) is 25.6. The molecule has 0 radical (unpaired) electrons. The summed E-state index contributed by atoms with van der Waals surface area (Å²) in [4.78, 5) is 23.3. The number of hydrogen-bond acceptors (Lipinski definition) is 5. The van der Waals surface area contributed by atoms with E-state index in [9.17, 15) is 14.9 Å². The lowest BCUT2D eigenvalue weighted by molar-refractivity contribution is -0.384.